The summed E-state index contributed by atoms with van der Waals surface area (Å²) in [5.41, 5.74) is 0.00635. The number of primary sulfonamides is 1. The second kappa shape index (κ2) is 7.30. The van der Waals surface area contributed by atoms with Gasteiger partial charge in [0.05, 0.1) is 10.6 Å². The molecule has 3 aromatic rings. The molecule has 0 aliphatic carbocycles. The van der Waals surface area contributed by atoms with E-state index in [1.54, 1.807) is 0 Å². The molecule has 0 fully saturated rings. The fourth-order valence-electron chi connectivity index (χ4n) is 2.56. The van der Waals surface area contributed by atoms with Crippen LogP contribution in [0.4, 0.5) is 14.5 Å². The van der Waals surface area contributed by atoms with Crippen LogP contribution in [0.1, 0.15) is 0 Å². The molecule has 0 unspecified atom stereocenters. The third-order valence-corrected chi connectivity index (χ3v) is 6.16. The zero-order valence-corrected chi connectivity index (χ0v) is 15.8. The topological polar surface area (TPSA) is 106 Å². The van der Waals surface area contributed by atoms with Crippen LogP contribution in [0.25, 0.3) is 11.1 Å². The molecule has 3 rings (SSSR count). The lowest BCUT2D eigenvalue weighted by Crippen LogP contribution is -2.18. The van der Waals surface area contributed by atoms with Gasteiger partial charge in [-0.15, -0.1) is 0 Å². The van der Waals surface area contributed by atoms with E-state index in [0.29, 0.717) is 6.07 Å². The highest BCUT2D eigenvalue weighted by molar-refractivity contribution is 7.93. The van der Waals surface area contributed by atoms with Crippen LogP contribution >= 0.6 is 0 Å². The van der Waals surface area contributed by atoms with Gasteiger partial charge in [0, 0.05) is 11.6 Å². The normalized spacial score (nSPS) is 12.0. The van der Waals surface area contributed by atoms with Crippen molar-refractivity contribution < 1.29 is 25.6 Å². The maximum Gasteiger partial charge on any atom is 0.261 e. The predicted octanol–water partition coefficient (Wildman–Crippen LogP) is 3.08. The van der Waals surface area contributed by atoms with Crippen LogP contribution in [-0.4, -0.2) is 16.8 Å². The van der Waals surface area contributed by atoms with E-state index in [1.165, 1.54) is 48.5 Å². The Balaban J connectivity index is 2.03. The highest BCUT2D eigenvalue weighted by Crippen LogP contribution is 2.28. The van der Waals surface area contributed by atoms with Gasteiger partial charge in [0.1, 0.15) is 16.5 Å². The van der Waals surface area contributed by atoms with Crippen LogP contribution in [0, 0.1) is 11.6 Å². The molecule has 0 aliphatic rings. The summed E-state index contributed by atoms with van der Waals surface area (Å²) in [6.07, 6.45) is 0. The number of nitrogens with one attached hydrogen (secondary N) is 1. The third kappa shape index (κ3) is 4.19. The molecule has 6 nitrogen and oxygen atoms in total. The molecule has 0 spiro atoms. The molecular weight excluding hydrogens is 410 g/mol. The van der Waals surface area contributed by atoms with Gasteiger partial charge in [0.15, 0.2) is 0 Å². The monoisotopic (exact) mass is 424 g/mol. The molecule has 0 aromatic heterocycles. The Morgan fingerprint density at radius 1 is 0.821 bits per heavy atom. The molecule has 0 heterocycles. The number of benzene rings is 3. The highest BCUT2D eigenvalue weighted by atomic mass is 32.2. The first-order chi connectivity index (χ1) is 13.1. The molecule has 3 aromatic carbocycles. The molecule has 146 valence electrons. The molecule has 28 heavy (non-hydrogen) atoms. The largest absolute Gasteiger partial charge is 0.278 e. The number of sulfonamides is 2. The highest BCUT2D eigenvalue weighted by Gasteiger charge is 2.20. The van der Waals surface area contributed by atoms with Crippen LogP contribution in [-0.2, 0) is 20.0 Å². The predicted molar refractivity (Wildman–Crippen MR) is 100 cm³/mol. The number of hydrogen-bond acceptors (Lipinski definition) is 4. The lowest BCUT2D eigenvalue weighted by atomic mass is 10.1. The Hall–Kier alpha value is -2.82. The van der Waals surface area contributed by atoms with E-state index < -0.39 is 31.7 Å². The van der Waals surface area contributed by atoms with Crippen molar-refractivity contribution in [2.45, 2.75) is 9.79 Å². The maximum atomic E-state index is 14.0. The molecule has 0 atom stereocenters. The lowest BCUT2D eigenvalue weighted by Gasteiger charge is -2.12. The van der Waals surface area contributed by atoms with Crippen molar-refractivity contribution in [2.75, 3.05) is 4.72 Å². The second-order valence-electron chi connectivity index (χ2n) is 5.80. The smallest absolute Gasteiger partial charge is 0.261 e. The van der Waals surface area contributed by atoms with Crippen molar-refractivity contribution >= 4 is 25.7 Å². The van der Waals surface area contributed by atoms with Gasteiger partial charge in [0.25, 0.3) is 10.0 Å². The number of nitrogens with two attached hydrogens (primary N) is 1. The summed E-state index contributed by atoms with van der Waals surface area (Å²) in [5.74, 6) is -1.60. The average Bonchev–Trinajstić information content (AvgIpc) is 2.61. The van der Waals surface area contributed by atoms with Gasteiger partial charge in [-0.3, -0.25) is 4.72 Å². The summed E-state index contributed by atoms with van der Waals surface area (Å²) in [6, 6.07) is 13.5. The number of anilines is 1. The van der Waals surface area contributed by atoms with Crippen molar-refractivity contribution in [1.82, 2.24) is 0 Å². The quantitative estimate of drug-likeness (QED) is 0.656. The second-order valence-corrected chi connectivity index (χ2v) is 9.01. The molecular formula is C18H14F2N2O4S2. The first-order valence-corrected chi connectivity index (χ1v) is 10.8. The Labute approximate surface area is 160 Å². The van der Waals surface area contributed by atoms with Crippen LogP contribution in [0.2, 0.25) is 0 Å². The van der Waals surface area contributed by atoms with E-state index in [-0.39, 0.29) is 26.6 Å². The Bertz CT molecular complexity index is 1260. The van der Waals surface area contributed by atoms with Crippen LogP contribution in [0.5, 0.6) is 0 Å². The number of para-hydroxylation sites is 1. The zero-order valence-electron chi connectivity index (χ0n) is 14.1. The summed E-state index contributed by atoms with van der Waals surface area (Å²) in [5, 5.41) is 5.11. The van der Waals surface area contributed by atoms with Gasteiger partial charge in [-0.1, -0.05) is 24.3 Å². The molecule has 0 aliphatic heterocycles. The van der Waals surface area contributed by atoms with Crippen molar-refractivity contribution in [2.24, 2.45) is 5.14 Å². The number of rotatable bonds is 5. The fourth-order valence-corrected chi connectivity index (χ4v) is 4.44. The minimum Gasteiger partial charge on any atom is -0.278 e. The van der Waals surface area contributed by atoms with Crippen molar-refractivity contribution in [3.8, 4) is 11.1 Å². The molecule has 0 bridgehead atoms. The Kier molecular flexibility index (Phi) is 5.20. The van der Waals surface area contributed by atoms with Crippen LogP contribution in [0.15, 0.2) is 76.5 Å². The average molecular weight is 424 g/mol. The molecule has 0 saturated heterocycles. The lowest BCUT2D eigenvalue weighted by molar-refractivity contribution is 0.585. The van der Waals surface area contributed by atoms with E-state index >= 15 is 0 Å². The van der Waals surface area contributed by atoms with Gasteiger partial charge in [-0.25, -0.2) is 30.8 Å². The summed E-state index contributed by atoms with van der Waals surface area (Å²) in [4.78, 5) is -0.628. The molecule has 0 saturated carbocycles. The number of hydrogen-bond donors (Lipinski definition) is 2. The third-order valence-electron chi connectivity index (χ3n) is 3.82. The fraction of sp³-hybridized carbons (Fsp3) is 0. The van der Waals surface area contributed by atoms with Gasteiger partial charge in [-0.2, -0.15) is 0 Å². The molecule has 0 radical (unpaired) electrons. The first kappa shape index (κ1) is 19.9. The Morgan fingerprint density at radius 3 is 2.21 bits per heavy atom. The minimum absolute atomic E-state index is 0.0170. The maximum absolute atomic E-state index is 14.0. The summed E-state index contributed by atoms with van der Waals surface area (Å²) in [6.45, 7) is 0. The van der Waals surface area contributed by atoms with Gasteiger partial charge in [-0.05, 0) is 42.0 Å². The molecule has 0 amide bonds. The first-order valence-electron chi connectivity index (χ1n) is 7.78. The van der Waals surface area contributed by atoms with Crippen LogP contribution in [0.3, 0.4) is 0 Å². The number of halogens is 2. The van der Waals surface area contributed by atoms with Gasteiger partial charge < -0.3 is 0 Å². The van der Waals surface area contributed by atoms with E-state index in [1.807, 2.05) is 0 Å². The minimum atomic E-state index is -4.21. The van der Waals surface area contributed by atoms with E-state index in [4.69, 9.17) is 5.14 Å². The summed E-state index contributed by atoms with van der Waals surface area (Å²) < 4.78 is 78.0. The van der Waals surface area contributed by atoms with E-state index in [9.17, 15) is 25.6 Å². The summed E-state index contributed by atoms with van der Waals surface area (Å²) in [7, 11) is -8.38. The van der Waals surface area contributed by atoms with Crippen molar-refractivity contribution in [3.05, 3.63) is 78.4 Å². The van der Waals surface area contributed by atoms with E-state index in [0.717, 1.165) is 12.1 Å². The summed E-state index contributed by atoms with van der Waals surface area (Å²) >= 11 is 0. The van der Waals surface area contributed by atoms with Gasteiger partial charge in [0.2, 0.25) is 10.0 Å². The SMILES string of the molecule is NS(=O)(=O)c1ccccc1NS(=O)(=O)c1cccc(-c2ccc(F)cc2F)c1. The van der Waals surface area contributed by atoms with Crippen molar-refractivity contribution in [1.29, 1.82) is 0 Å². The standard InChI is InChI=1S/C18H14F2N2O4S2/c19-13-8-9-15(16(20)11-13)12-4-3-5-14(10-12)28(25,26)22-17-6-1-2-7-18(17)27(21,23)24/h1-11,22H,(H2,21,23,24). The molecule has 3 N–H and O–H groups in total. The van der Waals surface area contributed by atoms with Gasteiger partial charge >= 0.3 is 0 Å². The van der Waals surface area contributed by atoms with Crippen LogP contribution < -0.4 is 9.86 Å². The van der Waals surface area contributed by atoms with Crippen molar-refractivity contribution in [3.63, 3.8) is 0 Å². The Morgan fingerprint density at radius 2 is 1.54 bits per heavy atom. The van der Waals surface area contributed by atoms with E-state index in [2.05, 4.69) is 4.72 Å². The molecule has 10 heteroatoms. The zero-order chi connectivity index (χ0) is 20.5.